The second kappa shape index (κ2) is 6.99. The number of anilines is 2. The van der Waals surface area contributed by atoms with Crippen LogP contribution in [0, 0.1) is 0 Å². The van der Waals surface area contributed by atoms with Crippen molar-refractivity contribution in [3.63, 3.8) is 0 Å². The highest BCUT2D eigenvalue weighted by Gasteiger charge is 2.19. The Bertz CT molecular complexity index is 1020. The molecule has 1 aliphatic rings. The van der Waals surface area contributed by atoms with Crippen molar-refractivity contribution in [2.24, 2.45) is 17.3 Å². The molecule has 27 heavy (non-hydrogen) atoms. The topological polar surface area (TPSA) is 97.6 Å². The van der Waals surface area contributed by atoms with Gasteiger partial charge in [0.25, 0.3) is 0 Å². The maximum atomic E-state index is 5.86. The van der Waals surface area contributed by atoms with Crippen molar-refractivity contribution in [3.05, 3.63) is 54.4 Å². The minimum atomic E-state index is 0.623. The Balaban J connectivity index is 1.45. The first-order valence-corrected chi connectivity index (χ1v) is 8.61. The highest BCUT2D eigenvalue weighted by Crippen LogP contribution is 2.21. The second-order valence-corrected chi connectivity index (χ2v) is 6.49. The zero-order valence-corrected chi connectivity index (χ0v) is 15.2. The largest absolute Gasteiger partial charge is 0.399 e. The van der Waals surface area contributed by atoms with E-state index in [1.165, 1.54) is 0 Å². The molecule has 0 unspecified atom stereocenters. The summed E-state index contributed by atoms with van der Waals surface area (Å²) in [6.07, 6.45) is 4.19. The van der Waals surface area contributed by atoms with Gasteiger partial charge in [-0.25, -0.2) is 0 Å². The first-order valence-electron chi connectivity index (χ1n) is 8.61. The molecule has 0 saturated carbocycles. The Labute approximate surface area is 157 Å². The van der Waals surface area contributed by atoms with Gasteiger partial charge >= 0.3 is 0 Å². The lowest BCUT2D eigenvalue weighted by molar-refractivity contribution is 0.854. The van der Waals surface area contributed by atoms with E-state index in [-0.39, 0.29) is 0 Å². The molecule has 0 radical (unpaired) electrons. The van der Waals surface area contributed by atoms with Crippen LogP contribution >= 0.6 is 0 Å². The third-order valence-electron chi connectivity index (χ3n) is 4.45. The lowest BCUT2D eigenvalue weighted by Crippen LogP contribution is -2.28. The normalized spacial score (nSPS) is 13.4. The van der Waals surface area contributed by atoms with E-state index in [9.17, 15) is 0 Å². The van der Waals surface area contributed by atoms with Gasteiger partial charge in [-0.2, -0.15) is 10.2 Å². The number of rotatable bonds is 5. The molecule has 0 aliphatic carbocycles. The molecule has 0 amide bonds. The molecule has 4 rings (SSSR count). The predicted octanol–water partition coefficient (Wildman–Crippen LogP) is 2.14. The molecule has 8 heteroatoms. The van der Waals surface area contributed by atoms with Gasteiger partial charge in [0, 0.05) is 49.7 Å². The molecule has 2 aromatic heterocycles. The maximum Gasteiger partial charge on any atom is 0.227 e. The number of hydrogen-bond donors (Lipinski definition) is 1. The highest BCUT2D eigenvalue weighted by atomic mass is 15.4. The van der Waals surface area contributed by atoms with Crippen LogP contribution in [0.4, 0.5) is 11.6 Å². The van der Waals surface area contributed by atoms with Gasteiger partial charge in [-0.15, -0.1) is 10.2 Å². The molecular weight excluding hydrogens is 340 g/mol. The summed E-state index contributed by atoms with van der Waals surface area (Å²) >= 11 is 0. The van der Waals surface area contributed by atoms with Gasteiger partial charge in [0.2, 0.25) is 5.95 Å². The van der Waals surface area contributed by atoms with E-state index >= 15 is 0 Å². The van der Waals surface area contributed by atoms with E-state index in [1.54, 1.807) is 12.4 Å². The van der Waals surface area contributed by atoms with E-state index in [1.807, 2.05) is 60.0 Å². The quantitative estimate of drug-likeness (QED) is 0.703. The summed E-state index contributed by atoms with van der Waals surface area (Å²) in [6.45, 7) is 0.623. The monoisotopic (exact) mass is 360 g/mol. The summed E-state index contributed by atoms with van der Waals surface area (Å²) < 4.78 is 1.96. The van der Waals surface area contributed by atoms with E-state index in [4.69, 9.17) is 5.73 Å². The fourth-order valence-electron chi connectivity index (χ4n) is 3.11. The number of benzene rings is 1. The molecular formula is C19H20N8. The van der Waals surface area contributed by atoms with Crippen molar-refractivity contribution in [2.45, 2.75) is 6.42 Å². The zero-order chi connectivity index (χ0) is 18.8. The molecule has 1 aromatic carbocycles. The molecule has 136 valence electrons. The summed E-state index contributed by atoms with van der Waals surface area (Å²) in [6, 6.07) is 11.5. The fourth-order valence-corrected chi connectivity index (χ4v) is 3.11. The molecule has 0 bridgehead atoms. The van der Waals surface area contributed by atoms with E-state index in [0.717, 1.165) is 40.0 Å². The first kappa shape index (κ1) is 16.9. The number of nitrogen functional groups attached to an aromatic ring is 1. The number of hydrogen-bond acceptors (Lipinski definition) is 7. The van der Waals surface area contributed by atoms with E-state index < -0.39 is 0 Å². The lowest BCUT2D eigenvalue weighted by atomic mass is 10.0. The molecule has 0 fully saturated rings. The molecule has 1 aliphatic heterocycles. The summed E-state index contributed by atoms with van der Waals surface area (Å²) in [5.41, 5.74) is 10.5. The van der Waals surface area contributed by atoms with Crippen LogP contribution in [0.2, 0.25) is 0 Å². The molecule has 0 atom stereocenters. The smallest absolute Gasteiger partial charge is 0.227 e. The van der Waals surface area contributed by atoms with Crippen LogP contribution in [0.5, 0.6) is 0 Å². The highest BCUT2D eigenvalue weighted by molar-refractivity contribution is 6.16. The number of pyridine rings is 1. The van der Waals surface area contributed by atoms with Crippen LogP contribution in [0.15, 0.2) is 59.0 Å². The third kappa shape index (κ3) is 3.41. The molecule has 3 heterocycles. The molecule has 0 saturated heterocycles. The number of nitrogens with zero attached hydrogens (tertiary/aromatic N) is 7. The Morgan fingerprint density at radius 1 is 1.07 bits per heavy atom. The van der Waals surface area contributed by atoms with Crippen LogP contribution in [0.25, 0.3) is 11.4 Å². The summed E-state index contributed by atoms with van der Waals surface area (Å²) in [4.78, 5) is 6.07. The van der Waals surface area contributed by atoms with Gasteiger partial charge in [0.05, 0.1) is 18.0 Å². The van der Waals surface area contributed by atoms with Gasteiger partial charge in [-0.3, -0.25) is 9.55 Å². The summed E-state index contributed by atoms with van der Waals surface area (Å²) in [5.74, 6) is 1.56. The van der Waals surface area contributed by atoms with Crippen LogP contribution in [-0.2, 0) is 7.05 Å². The van der Waals surface area contributed by atoms with Crippen molar-refractivity contribution < 1.29 is 0 Å². The van der Waals surface area contributed by atoms with Crippen molar-refractivity contribution >= 4 is 23.1 Å². The average molecular weight is 360 g/mol. The second-order valence-electron chi connectivity index (χ2n) is 6.49. The SMILES string of the molecule is CN(CC1=NN=C(c2cccc(N)c2)C1)c1nnc(-c2ccncc2)n1C. The average Bonchev–Trinajstić information content (AvgIpc) is 3.29. The van der Waals surface area contributed by atoms with Gasteiger partial charge in [-0.05, 0) is 24.3 Å². The predicted molar refractivity (Wildman–Crippen MR) is 107 cm³/mol. The minimum absolute atomic E-state index is 0.623. The van der Waals surface area contributed by atoms with Crippen LogP contribution in [0.3, 0.4) is 0 Å². The standard InChI is InChI=1S/C19H20N8/c1-26(19-25-24-18(27(19)2)13-6-8-21-9-7-13)12-16-11-17(23-22-16)14-4-3-5-15(20)10-14/h3-10H,11-12,20H2,1-2H3. The van der Waals surface area contributed by atoms with E-state index in [2.05, 4.69) is 25.4 Å². The zero-order valence-electron chi connectivity index (χ0n) is 15.2. The van der Waals surface area contributed by atoms with Gasteiger partial charge in [0.15, 0.2) is 5.82 Å². The molecule has 3 aromatic rings. The maximum absolute atomic E-state index is 5.86. The lowest BCUT2D eigenvalue weighted by Gasteiger charge is -2.17. The third-order valence-corrected chi connectivity index (χ3v) is 4.45. The van der Waals surface area contributed by atoms with Crippen molar-refractivity contribution in [1.82, 2.24) is 19.7 Å². The van der Waals surface area contributed by atoms with Crippen LogP contribution in [0.1, 0.15) is 12.0 Å². The Hall–Kier alpha value is -3.55. The van der Waals surface area contributed by atoms with Crippen molar-refractivity contribution in [1.29, 1.82) is 0 Å². The van der Waals surface area contributed by atoms with Crippen molar-refractivity contribution in [3.8, 4) is 11.4 Å². The fraction of sp³-hybridized carbons (Fsp3) is 0.211. The Kier molecular flexibility index (Phi) is 4.37. The van der Waals surface area contributed by atoms with Gasteiger partial charge in [0.1, 0.15) is 0 Å². The van der Waals surface area contributed by atoms with E-state index in [0.29, 0.717) is 13.0 Å². The molecule has 8 nitrogen and oxygen atoms in total. The number of nitrogens with two attached hydrogens (primary N) is 1. The first-order chi connectivity index (χ1) is 13.1. The summed E-state index contributed by atoms with van der Waals surface area (Å²) in [7, 11) is 3.92. The van der Waals surface area contributed by atoms with Crippen LogP contribution < -0.4 is 10.6 Å². The van der Waals surface area contributed by atoms with Crippen LogP contribution in [-0.4, -0.2) is 44.8 Å². The Morgan fingerprint density at radius 3 is 2.67 bits per heavy atom. The summed E-state index contributed by atoms with van der Waals surface area (Å²) in [5, 5.41) is 17.3. The number of aromatic nitrogens is 4. The van der Waals surface area contributed by atoms with Gasteiger partial charge in [-0.1, -0.05) is 12.1 Å². The minimum Gasteiger partial charge on any atom is -0.399 e. The Morgan fingerprint density at radius 2 is 1.89 bits per heavy atom. The molecule has 2 N–H and O–H groups in total. The van der Waals surface area contributed by atoms with Gasteiger partial charge < -0.3 is 10.6 Å². The molecule has 0 spiro atoms. The van der Waals surface area contributed by atoms with Crippen molar-refractivity contribution in [2.75, 3.05) is 24.2 Å².